The summed E-state index contributed by atoms with van der Waals surface area (Å²) in [6.45, 7) is 2.21. The van der Waals surface area contributed by atoms with Crippen LogP contribution in [-0.2, 0) is 19.3 Å². The standard InChI is InChI=1S/C14H15N.C13H15N/c1-2-7-13(8-3-1)9-6-11-14-10-4-5-12-15-14;1-2-3-7-12-10-9-11-6-4-5-8-13(11)14-12/h1-5,7-8,10,12H,6,9,11H2;4-6,8-10H,2-3,7H2,1H3. The maximum absolute atomic E-state index is 4.61. The lowest BCUT2D eigenvalue weighted by atomic mass is 10.1. The van der Waals surface area contributed by atoms with Crippen LogP contribution in [0, 0.1) is 0 Å². The van der Waals surface area contributed by atoms with Gasteiger partial charge in [0.1, 0.15) is 0 Å². The van der Waals surface area contributed by atoms with Gasteiger partial charge in [0.2, 0.25) is 0 Å². The Bertz CT molecular complexity index is 926. The highest BCUT2D eigenvalue weighted by atomic mass is 14.7. The average Bonchev–Trinajstić information content (AvgIpc) is 2.79. The van der Waals surface area contributed by atoms with E-state index in [9.17, 15) is 0 Å². The highest BCUT2D eigenvalue weighted by Gasteiger charge is 1.97. The molecule has 0 bridgehead atoms. The van der Waals surface area contributed by atoms with Crippen LogP contribution in [0.5, 0.6) is 0 Å². The fraction of sp³-hybridized carbons (Fsp3) is 0.259. The Balaban J connectivity index is 0.000000166. The Morgan fingerprint density at radius 3 is 2.17 bits per heavy atom. The predicted octanol–water partition coefficient (Wildman–Crippen LogP) is 6.83. The fourth-order valence-electron chi connectivity index (χ4n) is 3.27. The quantitative estimate of drug-likeness (QED) is 0.350. The number of para-hydroxylation sites is 1. The second-order valence-electron chi connectivity index (χ2n) is 7.26. The minimum absolute atomic E-state index is 1.07. The van der Waals surface area contributed by atoms with Crippen molar-refractivity contribution in [2.45, 2.75) is 45.4 Å². The molecule has 4 aromatic rings. The molecule has 29 heavy (non-hydrogen) atoms. The van der Waals surface area contributed by atoms with Crippen LogP contribution in [-0.4, -0.2) is 9.97 Å². The molecular weight excluding hydrogens is 352 g/mol. The van der Waals surface area contributed by atoms with Crippen molar-refractivity contribution in [3.05, 3.63) is 108 Å². The Labute approximate surface area is 174 Å². The lowest BCUT2D eigenvalue weighted by Gasteiger charge is -2.01. The zero-order chi connectivity index (χ0) is 20.2. The molecule has 2 heterocycles. The van der Waals surface area contributed by atoms with Crippen LogP contribution in [0.4, 0.5) is 0 Å². The summed E-state index contributed by atoms with van der Waals surface area (Å²) in [6.07, 6.45) is 8.78. The molecule has 0 fully saturated rings. The van der Waals surface area contributed by atoms with Crippen molar-refractivity contribution in [3.8, 4) is 0 Å². The fourth-order valence-corrected chi connectivity index (χ4v) is 3.27. The van der Waals surface area contributed by atoms with Gasteiger partial charge in [-0.05, 0) is 61.9 Å². The third kappa shape index (κ3) is 7.15. The van der Waals surface area contributed by atoms with Gasteiger partial charge in [-0.2, -0.15) is 0 Å². The molecule has 0 aliphatic rings. The van der Waals surface area contributed by atoms with Crippen LogP contribution >= 0.6 is 0 Å². The van der Waals surface area contributed by atoms with Gasteiger partial charge in [0, 0.05) is 23.0 Å². The number of hydrogen-bond acceptors (Lipinski definition) is 2. The van der Waals surface area contributed by atoms with Crippen molar-refractivity contribution in [2.24, 2.45) is 0 Å². The van der Waals surface area contributed by atoms with Gasteiger partial charge in [0.05, 0.1) is 5.52 Å². The molecule has 148 valence electrons. The SMILES string of the molecule is CCCCc1ccc2ccccc2n1.c1ccc(CCCc2ccccn2)cc1. The van der Waals surface area contributed by atoms with Crippen LogP contribution in [0.15, 0.2) is 91.1 Å². The first kappa shape index (κ1) is 20.7. The highest BCUT2D eigenvalue weighted by Crippen LogP contribution is 2.13. The normalized spacial score (nSPS) is 10.4. The molecule has 0 unspecified atom stereocenters. The van der Waals surface area contributed by atoms with E-state index in [1.807, 2.05) is 24.4 Å². The minimum Gasteiger partial charge on any atom is -0.261 e. The van der Waals surface area contributed by atoms with E-state index in [2.05, 4.69) is 83.6 Å². The van der Waals surface area contributed by atoms with E-state index >= 15 is 0 Å². The van der Waals surface area contributed by atoms with Crippen LogP contribution in [0.3, 0.4) is 0 Å². The molecule has 2 aromatic carbocycles. The third-order valence-corrected chi connectivity index (χ3v) is 4.91. The van der Waals surface area contributed by atoms with Crippen molar-refractivity contribution in [1.29, 1.82) is 0 Å². The Kier molecular flexibility index (Phi) is 8.40. The summed E-state index contributed by atoms with van der Waals surface area (Å²) in [5.74, 6) is 0. The predicted molar refractivity (Wildman–Crippen MR) is 123 cm³/mol. The average molecular weight is 383 g/mol. The molecule has 0 amide bonds. The van der Waals surface area contributed by atoms with E-state index in [0.29, 0.717) is 0 Å². The van der Waals surface area contributed by atoms with Crippen LogP contribution in [0.2, 0.25) is 0 Å². The van der Waals surface area contributed by atoms with Gasteiger partial charge in [0.25, 0.3) is 0 Å². The molecule has 2 heteroatoms. The van der Waals surface area contributed by atoms with E-state index in [0.717, 1.165) is 24.8 Å². The molecular formula is C27H30N2. The summed E-state index contributed by atoms with van der Waals surface area (Å²) in [5, 5.41) is 1.23. The number of benzene rings is 2. The summed E-state index contributed by atoms with van der Waals surface area (Å²) in [7, 11) is 0. The first-order valence-electron chi connectivity index (χ1n) is 10.6. The minimum atomic E-state index is 1.07. The van der Waals surface area contributed by atoms with E-state index in [1.54, 1.807) is 0 Å². The summed E-state index contributed by atoms with van der Waals surface area (Å²) in [5.41, 5.74) is 4.92. The summed E-state index contributed by atoms with van der Waals surface area (Å²) in [6, 6.07) is 29.3. The number of hydrogen-bond donors (Lipinski definition) is 0. The molecule has 2 nitrogen and oxygen atoms in total. The monoisotopic (exact) mass is 382 g/mol. The molecule has 0 spiro atoms. The molecule has 0 saturated heterocycles. The van der Waals surface area contributed by atoms with Crippen LogP contribution in [0.25, 0.3) is 10.9 Å². The lowest BCUT2D eigenvalue weighted by Crippen LogP contribution is -1.91. The number of pyridine rings is 2. The van der Waals surface area contributed by atoms with E-state index in [-0.39, 0.29) is 0 Å². The van der Waals surface area contributed by atoms with Crippen LogP contribution < -0.4 is 0 Å². The zero-order valence-electron chi connectivity index (χ0n) is 17.3. The molecule has 4 rings (SSSR count). The van der Waals surface area contributed by atoms with Crippen molar-refractivity contribution in [2.75, 3.05) is 0 Å². The van der Waals surface area contributed by atoms with Crippen molar-refractivity contribution in [3.63, 3.8) is 0 Å². The Morgan fingerprint density at radius 1 is 0.621 bits per heavy atom. The molecule has 0 atom stereocenters. The topological polar surface area (TPSA) is 25.8 Å². The van der Waals surface area contributed by atoms with Crippen molar-refractivity contribution >= 4 is 10.9 Å². The largest absolute Gasteiger partial charge is 0.261 e. The molecule has 0 saturated carbocycles. The smallest absolute Gasteiger partial charge is 0.0705 e. The Hall–Kier alpha value is -3.00. The third-order valence-electron chi connectivity index (χ3n) is 4.91. The molecule has 2 aromatic heterocycles. The van der Waals surface area contributed by atoms with Crippen LogP contribution in [0.1, 0.15) is 43.1 Å². The first-order chi connectivity index (χ1) is 14.3. The second kappa shape index (κ2) is 11.8. The zero-order valence-corrected chi connectivity index (χ0v) is 17.3. The first-order valence-corrected chi connectivity index (χ1v) is 10.6. The van der Waals surface area contributed by atoms with Gasteiger partial charge in [-0.25, -0.2) is 0 Å². The number of nitrogens with zero attached hydrogens (tertiary/aromatic N) is 2. The van der Waals surface area contributed by atoms with Gasteiger partial charge >= 0.3 is 0 Å². The van der Waals surface area contributed by atoms with Gasteiger partial charge in [0.15, 0.2) is 0 Å². The number of fused-ring (bicyclic) bond motifs is 1. The van der Waals surface area contributed by atoms with Gasteiger partial charge < -0.3 is 0 Å². The van der Waals surface area contributed by atoms with E-state index in [1.165, 1.54) is 41.6 Å². The van der Waals surface area contributed by atoms with Gasteiger partial charge in [-0.1, -0.05) is 74.0 Å². The molecule has 0 aliphatic carbocycles. The van der Waals surface area contributed by atoms with E-state index < -0.39 is 0 Å². The number of aryl methyl sites for hydroxylation is 3. The lowest BCUT2D eigenvalue weighted by molar-refractivity contribution is 0.780. The number of unbranched alkanes of at least 4 members (excludes halogenated alkanes) is 1. The summed E-state index contributed by atoms with van der Waals surface area (Å²) in [4.78, 5) is 8.92. The molecule has 0 radical (unpaired) electrons. The maximum atomic E-state index is 4.61. The second-order valence-corrected chi connectivity index (χ2v) is 7.26. The molecule has 0 N–H and O–H groups in total. The number of aromatic nitrogens is 2. The number of rotatable bonds is 7. The summed E-state index contributed by atoms with van der Waals surface area (Å²) >= 11 is 0. The van der Waals surface area contributed by atoms with E-state index in [4.69, 9.17) is 0 Å². The van der Waals surface area contributed by atoms with Crippen molar-refractivity contribution < 1.29 is 0 Å². The maximum Gasteiger partial charge on any atom is 0.0705 e. The van der Waals surface area contributed by atoms with Crippen molar-refractivity contribution in [1.82, 2.24) is 9.97 Å². The Morgan fingerprint density at radius 2 is 1.38 bits per heavy atom. The van der Waals surface area contributed by atoms with Gasteiger partial charge in [-0.3, -0.25) is 9.97 Å². The summed E-state index contributed by atoms with van der Waals surface area (Å²) < 4.78 is 0. The highest BCUT2D eigenvalue weighted by molar-refractivity contribution is 5.78. The molecule has 0 aliphatic heterocycles. The van der Waals surface area contributed by atoms with Gasteiger partial charge in [-0.15, -0.1) is 0 Å².